The quantitative estimate of drug-likeness (QED) is 0.835. The van der Waals surface area contributed by atoms with E-state index < -0.39 is 0 Å². The van der Waals surface area contributed by atoms with Crippen LogP contribution >= 0.6 is 0 Å². The molecular weight excluding hydrogens is 240 g/mol. The summed E-state index contributed by atoms with van der Waals surface area (Å²) in [5.74, 6) is 1.48. The second kappa shape index (κ2) is 5.59. The van der Waals surface area contributed by atoms with Gasteiger partial charge in [0.15, 0.2) is 5.82 Å². The Labute approximate surface area is 115 Å². The van der Waals surface area contributed by atoms with Gasteiger partial charge in [0.25, 0.3) is 0 Å². The Morgan fingerprint density at radius 1 is 1.16 bits per heavy atom. The Balaban J connectivity index is 1.54. The third-order valence-electron chi connectivity index (χ3n) is 4.64. The summed E-state index contributed by atoms with van der Waals surface area (Å²) >= 11 is 0. The Bertz CT molecular complexity index is 405. The minimum absolute atomic E-state index is 0.243. The predicted octanol–water partition coefficient (Wildman–Crippen LogP) is 2.00. The lowest BCUT2D eigenvalue weighted by atomic mass is 10.1. The van der Waals surface area contributed by atoms with Crippen molar-refractivity contribution in [2.75, 3.05) is 26.2 Å². The highest BCUT2D eigenvalue weighted by molar-refractivity contribution is 4.92. The third-order valence-corrected chi connectivity index (χ3v) is 4.64. The molecule has 1 saturated heterocycles. The number of nitrogens with zero attached hydrogens (tertiary/aromatic N) is 4. The summed E-state index contributed by atoms with van der Waals surface area (Å²) < 4.78 is 5.29. The van der Waals surface area contributed by atoms with Crippen LogP contribution in [0.1, 0.15) is 50.4 Å². The Hall–Kier alpha value is -0.940. The molecule has 2 aliphatic rings. The van der Waals surface area contributed by atoms with E-state index in [4.69, 9.17) is 4.52 Å². The SMILES string of the molecule is Cc1noc(C(C)N2CCN(C3CCCC3)CC2)n1. The molecule has 1 saturated carbocycles. The molecule has 5 nitrogen and oxygen atoms in total. The Kier molecular flexibility index (Phi) is 3.84. The molecule has 1 aromatic rings. The molecule has 1 aliphatic heterocycles. The zero-order chi connectivity index (χ0) is 13.2. The van der Waals surface area contributed by atoms with E-state index in [0.717, 1.165) is 30.8 Å². The van der Waals surface area contributed by atoms with E-state index in [0.29, 0.717) is 0 Å². The van der Waals surface area contributed by atoms with Crippen LogP contribution in [0.25, 0.3) is 0 Å². The number of aromatic nitrogens is 2. The molecule has 1 atom stereocenters. The van der Waals surface area contributed by atoms with Crippen LogP contribution < -0.4 is 0 Å². The van der Waals surface area contributed by atoms with Gasteiger partial charge >= 0.3 is 0 Å². The van der Waals surface area contributed by atoms with Gasteiger partial charge < -0.3 is 4.52 Å². The van der Waals surface area contributed by atoms with Crippen LogP contribution in [0.4, 0.5) is 0 Å². The normalized spacial score (nSPS) is 24.9. The molecule has 0 bridgehead atoms. The largest absolute Gasteiger partial charge is 0.338 e. The van der Waals surface area contributed by atoms with Gasteiger partial charge in [-0.05, 0) is 26.7 Å². The summed E-state index contributed by atoms with van der Waals surface area (Å²) in [6.07, 6.45) is 5.64. The third kappa shape index (κ3) is 2.82. The summed E-state index contributed by atoms with van der Waals surface area (Å²) in [5, 5.41) is 3.89. The summed E-state index contributed by atoms with van der Waals surface area (Å²) in [6.45, 7) is 8.62. The van der Waals surface area contributed by atoms with Crippen molar-refractivity contribution < 1.29 is 4.52 Å². The fourth-order valence-corrected chi connectivity index (χ4v) is 3.40. The van der Waals surface area contributed by atoms with Gasteiger partial charge in [0.1, 0.15) is 0 Å². The van der Waals surface area contributed by atoms with Crippen molar-refractivity contribution in [1.29, 1.82) is 0 Å². The van der Waals surface area contributed by atoms with Gasteiger partial charge in [-0.15, -0.1) is 0 Å². The van der Waals surface area contributed by atoms with E-state index in [-0.39, 0.29) is 6.04 Å². The molecular formula is C14H24N4O. The minimum atomic E-state index is 0.243. The van der Waals surface area contributed by atoms with Gasteiger partial charge in [-0.1, -0.05) is 18.0 Å². The van der Waals surface area contributed by atoms with Crippen LogP contribution in [-0.2, 0) is 0 Å². The Morgan fingerprint density at radius 2 is 1.84 bits per heavy atom. The molecule has 106 valence electrons. The highest BCUT2D eigenvalue weighted by Crippen LogP contribution is 2.26. The molecule has 0 N–H and O–H groups in total. The highest BCUT2D eigenvalue weighted by Gasteiger charge is 2.29. The van der Waals surface area contributed by atoms with E-state index in [9.17, 15) is 0 Å². The molecule has 1 aromatic heterocycles. The van der Waals surface area contributed by atoms with Gasteiger partial charge in [-0.3, -0.25) is 9.80 Å². The lowest BCUT2D eigenvalue weighted by molar-refractivity contribution is 0.0650. The number of aryl methyl sites for hydroxylation is 1. The summed E-state index contributed by atoms with van der Waals surface area (Å²) in [7, 11) is 0. The molecule has 2 fully saturated rings. The van der Waals surface area contributed by atoms with E-state index in [1.54, 1.807) is 0 Å². The molecule has 19 heavy (non-hydrogen) atoms. The molecule has 1 aliphatic carbocycles. The maximum Gasteiger partial charge on any atom is 0.243 e. The molecule has 2 heterocycles. The van der Waals surface area contributed by atoms with E-state index in [2.05, 4.69) is 26.9 Å². The molecule has 1 unspecified atom stereocenters. The zero-order valence-corrected chi connectivity index (χ0v) is 12.0. The maximum absolute atomic E-state index is 5.29. The zero-order valence-electron chi connectivity index (χ0n) is 12.0. The topological polar surface area (TPSA) is 45.4 Å². The fraction of sp³-hybridized carbons (Fsp3) is 0.857. The van der Waals surface area contributed by atoms with E-state index >= 15 is 0 Å². The standard InChI is InChI=1S/C14H24N4O/c1-11(14-15-12(2)16-19-14)17-7-9-18(10-8-17)13-5-3-4-6-13/h11,13H,3-10H2,1-2H3. The van der Waals surface area contributed by atoms with Crippen molar-refractivity contribution >= 4 is 0 Å². The summed E-state index contributed by atoms with van der Waals surface area (Å²) in [4.78, 5) is 9.48. The van der Waals surface area contributed by atoms with Crippen molar-refractivity contribution in [1.82, 2.24) is 19.9 Å². The van der Waals surface area contributed by atoms with Crippen LogP contribution in [-0.4, -0.2) is 52.2 Å². The van der Waals surface area contributed by atoms with Crippen molar-refractivity contribution in [2.45, 2.75) is 51.6 Å². The average Bonchev–Trinajstić information content (AvgIpc) is 3.09. The van der Waals surface area contributed by atoms with Crippen molar-refractivity contribution in [2.24, 2.45) is 0 Å². The Morgan fingerprint density at radius 3 is 2.42 bits per heavy atom. The van der Waals surface area contributed by atoms with Crippen LogP contribution in [0.3, 0.4) is 0 Å². The number of hydrogen-bond donors (Lipinski definition) is 0. The van der Waals surface area contributed by atoms with Gasteiger partial charge in [0, 0.05) is 32.2 Å². The lowest BCUT2D eigenvalue weighted by Crippen LogP contribution is -2.50. The van der Waals surface area contributed by atoms with Crippen LogP contribution in [0, 0.1) is 6.92 Å². The molecule has 0 amide bonds. The van der Waals surface area contributed by atoms with Gasteiger partial charge in [0.05, 0.1) is 6.04 Å². The molecule has 5 heteroatoms. The van der Waals surface area contributed by atoms with Crippen molar-refractivity contribution in [3.8, 4) is 0 Å². The minimum Gasteiger partial charge on any atom is -0.338 e. The van der Waals surface area contributed by atoms with Crippen LogP contribution in [0.5, 0.6) is 0 Å². The lowest BCUT2D eigenvalue weighted by Gasteiger charge is -2.39. The molecule has 3 rings (SSSR count). The smallest absolute Gasteiger partial charge is 0.243 e. The first-order valence-corrected chi connectivity index (χ1v) is 7.52. The maximum atomic E-state index is 5.29. The first-order chi connectivity index (χ1) is 9.24. The number of piperazine rings is 1. The van der Waals surface area contributed by atoms with Gasteiger partial charge in [0.2, 0.25) is 5.89 Å². The fourth-order valence-electron chi connectivity index (χ4n) is 3.40. The molecule has 0 spiro atoms. The summed E-state index contributed by atoms with van der Waals surface area (Å²) in [6, 6.07) is 1.09. The van der Waals surface area contributed by atoms with Crippen LogP contribution in [0.2, 0.25) is 0 Å². The highest BCUT2D eigenvalue weighted by atomic mass is 16.5. The van der Waals surface area contributed by atoms with Crippen LogP contribution in [0.15, 0.2) is 4.52 Å². The monoisotopic (exact) mass is 264 g/mol. The second-order valence-electron chi connectivity index (χ2n) is 5.87. The number of hydrogen-bond acceptors (Lipinski definition) is 5. The molecule has 0 aromatic carbocycles. The average molecular weight is 264 g/mol. The first-order valence-electron chi connectivity index (χ1n) is 7.52. The van der Waals surface area contributed by atoms with E-state index in [1.807, 2.05) is 6.92 Å². The van der Waals surface area contributed by atoms with Gasteiger partial charge in [-0.2, -0.15) is 4.98 Å². The van der Waals surface area contributed by atoms with E-state index in [1.165, 1.54) is 38.8 Å². The molecule has 0 radical (unpaired) electrons. The first kappa shape index (κ1) is 13.1. The predicted molar refractivity (Wildman–Crippen MR) is 72.9 cm³/mol. The van der Waals surface area contributed by atoms with Gasteiger partial charge in [-0.25, -0.2) is 0 Å². The van der Waals surface area contributed by atoms with Crippen molar-refractivity contribution in [3.05, 3.63) is 11.7 Å². The number of rotatable bonds is 3. The second-order valence-corrected chi connectivity index (χ2v) is 5.87. The summed E-state index contributed by atoms with van der Waals surface area (Å²) in [5.41, 5.74) is 0. The van der Waals surface area contributed by atoms with Crippen molar-refractivity contribution in [3.63, 3.8) is 0 Å².